The van der Waals surface area contributed by atoms with Crippen LogP contribution in [0.5, 0.6) is 0 Å². The first-order valence-corrected chi connectivity index (χ1v) is 8.79. The van der Waals surface area contributed by atoms with Crippen molar-refractivity contribution in [3.8, 4) is 11.3 Å². The molecule has 0 bridgehead atoms. The highest BCUT2D eigenvalue weighted by Gasteiger charge is 2.16. The lowest BCUT2D eigenvalue weighted by Gasteiger charge is -2.27. The number of rotatable bonds is 4. The molecule has 8 nitrogen and oxygen atoms in total. The smallest absolute Gasteiger partial charge is 0.252 e. The number of hydrogen-bond donors (Lipinski definition) is 2. The number of aromatic amines is 1. The number of aryl methyl sites for hydroxylation is 1. The summed E-state index contributed by atoms with van der Waals surface area (Å²) in [5.41, 5.74) is 2.64. The van der Waals surface area contributed by atoms with Crippen molar-refractivity contribution in [2.75, 3.05) is 36.5 Å². The van der Waals surface area contributed by atoms with Crippen LogP contribution >= 0.6 is 0 Å². The van der Waals surface area contributed by atoms with E-state index in [0.29, 0.717) is 30.8 Å². The van der Waals surface area contributed by atoms with Crippen LogP contribution in [0.1, 0.15) is 5.69 Å². The second-order valence-electron chi connectivity index (χ2n) is 6.24. The SMILES string of the molecule is Cc1nc(N2CCOCC2)ncc1-c1cc(=O)[nH]c(Nc2ccccc2)n1. The fourth-order valence-electron chi connectivity index (χ4n) is 2.94. The molecule has 4 rings (SSSR count). The summed E-state index contributed by atoms with van der Waals surface area (Å²) in [6.07, 6.45) is 1.72. The first-order chi connectivity index (χ1) is 13.2. The molecule has 0 radical (unpaired) electrons. The van der Waals surface area contributed by atoms with Crippen molar-refractivity contribution < 1.29 is 4.74 Å². The summed E-state index contributed by atoms with van der Waals surface area (Å²) in [6, 6.07) is 11.0. The molecule has 0 unspecified atom stereocenters. The first-order valence-electron chi connectivity index (χ1n) is 8.79. The Morgan fingerprint density at radius 1 is 1.15 bits per heavy atom. The molecule has 1 fully saturated rings. The molecule has 1 aliphatic rings. The molecule has 1 saturated heterocycles. The van der Waals surface area contributed by atoms with Gasteiger partial charge in [0.15, 0.2) is 0 Å². The number of H-pyrrole nitrogens is 1. The van der Waals surface area contributed by atoms with Gasteiger partial charge in [-0.25, -0.2) is 15.0 Å². The number of hydrogen-bond acceptors (Lipinski definition) is 7. The van der Waals surface area contributed by atoms with Crippen LogP contribution in [0.3, 0.4) is 0 Å². The zero-order valence-corrected chi connectivity index (χ0v) is 15.0. The summed E-state index contributed by atoms with van der Waals surface area (Å²) in [7, 11) is 0. The van der Waals surface area contributed by atoms with Gasteiger partial charge in [-0.1, -0.05) is 18.2 Å². The molecule has 27 heavy (non-hydrogen) atoms. The fraction of sp³-hybridized carbons (Fsp3) is 0.263. The molecule has 0 spiro atoms. The van der Waals surface area contributed by atoms with Crippen LogP contribution in [0.25, 0.3) is 11.3 Å². The highest BCUT2D eigenvalue weighted by Crippen LogP contribution is 2.22. The average molecular weight is 364 g/mol. The molecule has 1 aromatic carbocycles. The number of nitrogens with one attached hydrogen (secondary N) is 2. The summed E-state index contributed by atoms with van der Waals surface area (Å²) in [6.45, 7) is 4.79. The minimum Gasteiger partial charge on any atom is -0.378 e. The van der Waals surface area contributed by atoms with Crippen molar-refractivity contribution in [2.45, 2.75) is 6.92 Å². The molecule has 0 aliphatic carbocycles. The number of nitrogens with zero attached hydrogens (tertiary/aromatic N) is 4. The summed E-state index contributed by atoms with van der Waals surface area (Å²) >= 11 is 0. The van der Waals surface area contributed by atoms with E-state index in [2.05, 4.69) is 30.2 Å². The maximum atomic E-state index is 12.1. The second kappa shape index (κ2) is 7.55. The topological polar surface area (TPSA) is 96.0 Å². The quantitative estimate of drug-likeness (QED) is 0.732. The summed E-state index contributed by atoms with van der Waals surface area (Å²) in [5.74, 6) is 1.05. The van der Waals surface area contributed by atoms with Gasteiger partial charge in [-0.3, -0.25) is 9.78 Å². The van der Waals surface area contributed by atoms with Gasteiger partial charge in [0.25, 0.3) is 5.56 Å². The highest BCUT2D eigenvalue weighted by atomic mass is 16.5. The van der Waals surface area contributed by atoms with E-state index in [1.54, 1.807) is 6.20 Å². The third-order valence-corrected chi connectivity index (χ3v) is 4.31. The Morgan fingerprint density at radius 3 is 2.67 bits per heavy atom. The Labute approximate surface area is 156 Å². The Bertz CT molecular complexity index is 983. The predicted octanol–water partition coefficient (Wildman–Crippen LogP) is 2.12. The highest BCUT2D eigenvalue weighted by molar-refractivity contribution is 5.63. The van der Waals surface area contributed by atoms with Crippen LogP contribution in [0.4, 0.5) is 17.6 Å². The van der Waals surface area contributed by atoms with E-state index < -0.39 is 0 Å². The van der Waals surface area contributed by atoms with Crippen LogP contribution in [0, 0.1) is 6.92 Å². The Kier molecular flexibility index (Phi) is 4.80. The minimum absolute atomic E-state index is 0.241. The third-order valence-electron chi connectivity index (χ3n) is 4.31. The lowest BCUT2D eigenvalue weighted by molar-refractivity contribution is 0.122. The number of para-hydroxylation sites is 1. The van der Waals surface area contributed by atoms with E-state index in [1.807, 2.05) is 37.3 Å². The Balaban J connectivity index is 1.63. The zero-order chi connectivity index (χ0) is 18.6. The van der Waals surface area contributed by atoms with Gasteiger partial charge in [0, 0.05) is 36.6 Å². The standard InChI is InChI=1S/C19H20N6O2/c1-13-15(12-20-19(21-13)25-7-9-27-10-8-25)16-11-17(26)24-18(23-16)22-14-5-3-2-4-6-14/h2-6,11-12H,7-10H2,1H3,(H2,22,23,24,26). The van der Waals surface area contributed by atoms with Crippen LogP contribution in [-0.4, -0.2) is 46.2 Å². The summed E-state index contributed by atoms with van der Waals surface area (Å²) in [4.78, 5) is 30.5. The van der Waals surface area contributed by atoms with E-state index in [1.165, 1.54) is 6.07 Å². The number of aromatic nitrogens is 4. The molecule has 1 aliphatic heterocycles. The molecule has 3 aromatic rings. The summed E-state index contributed by atoms with van der Waals surface area (Å²) < 4.78 is 5.37. The van der Waals surface area contributed by atoms with E-state index in [0.717, 1.165) is 30.0 Å². The van der Waals surface area contributed by atoms with E-state index >= 15 is 0 Å². The maximum Gasteiger partial charge on any atom is 0.252 e. The van der Waals surface area contributed by atoms with Gasteiger partial charge >= 0.3 is 0 Å². The molecule has 0 saturated carbocycles. The van der Waals surface area contributed by atoms with Crippen molar-refractivity contribution in [3.63, 3.8) is 0 Å². The first kappa shape index (κ1) is 17.2. The van der Waals surface area contributed by atoms with Gasteiger partial charge in [-0.05, 0) is 19.1 Å². The lowest BCUT2D eigenvalue weighted by atomic mass is 10.2. The molecule has 8 heteroatoms. The normalized spacial score (nSPS) is 14.2. The van der Waals surface area contributed by atoms with Crippen LogP contribution < -0.4 is 15.8 Å². The van der Waals surface area contributed by atoms with E-state index in [4.69, 9.17) is 4.74 Å². The fourth-order valence-corrected chi connectivity index (χ4v) is 2.94. The molecule has 3 heterocycles. The van der Waals surface area contributed by atoms with Gasteiger partial charge in [-0.2, -0.15) is 0 Å². The molecule has 0 atom stereocenters. The number of morpholine rings is 1. The molecule has 2 aromatic heterocycles. The Hall–Kier alpha value is -3.26. The van der Waals surface area contributed by atoms with E-state index in [-0.39, 0.29) is 5.56 Å². The van der Waals surface area contributed by atoms with Crippen LogP contribution in [-0.2, 0) is 4.74 Å². The van der Waals surface area contributed by atoms with Gasteiger partial charge in [0.1, 0.15) is 0 Å². The number of benzene rings is 1. The number of ether oxygens (including phenoxy) is 1. The van der Waals surface area contributed by atoms with Crippen molar-refractivity contribution in [2.24, 2.45) is 0 Å². The minimum atomic E-state index is -0.241. The molecular weight excluding hydrogens is 344 g/mol. The van der Waals surface area contributed by atoms with Gasteiger partial charge in [-0.15, -0.1) is 0 Å². The van der Waals surface area contributed by atoms with E-state index in [9.17, 15) is 4.79 Å². The monoisotopic (exact) mass is 364 g/mol. The second-order valence-corrected chi connectivity index (χ2v) is 6.24. The van der Waals surface area contributed by atoms with Gasteiger partial charge in [0.2, 0.25) is 11.9 Å². The Morgan fingerprint density at radius 2 is 1.93 bits per heavy atom. The molecule has 0 amide bonds. The maximum absolute atomic E-state index is 12.1. The van der Waals surface area contributed by atoms with Crippen molar-refractivity contribution >= 4 is 17.6 Å². The van der Waals surface area contributed by atoms with Crippen molar-refractivity contribution in [1.29, 1.82) is 0 Å². The van der Waals surface area contributed by atoms with Gasteiger partial charge < -0.3 is 15.0 Å². The van der Waals surface area contributed by atoms with Crippen LogP contribution in [0.2, 0.25) is 0 Å². The molecule has 2 N–H and O–H groups in total. The third kappa shape index (κ3) is 3.95. The number of anilines is 3. The van der Waals surface area contributed by atoms with Crippen molar-refractivity contribution in [3.05, 3.63) is 58.6 Å². The average Bonchev–Trinajstić information content (AvgIpc) is 2.69. The largest absolute Gasteiger partial charge is 0.378 e. The summed E-state index contributed by atoms with van der Waals surface area (Å²) in [5, 5.41) is 3.11. The van der Waals surface area contributed by atoms with Gasteiger partial charge in [0.05, 0.1) is 24.6 Å². The molecular formula is C19H20N6O2. The molecule has 138 valence electrons. The lowest BCUT2D eigenvalue weighted by Crippen LogP contribution is -2.37. The van der Waals surface area contributed by atoms with Crippen LogP contribution in [0.15, 0.2) is 47.4 Å². The van der Waals surface area contributed by atoms with Crippen molar-refractivity contribution in [1.82, 2.24) is 19.9 Å². The predicted molar refractivity (Wildman–Crippen MR) is 103 cm³/mol. The zero-order valence-electron chi connectivity index (χ0n) is 15.0.